The number of unbranched alkanes of at least 4 members (excludes halogenated alkanes) is 1. The standard InChI is InChI=1S/C27H33N3O3S/c1-4-5-15-30(27-29-24(18-34-27)21-9-7-6-8-10-21)17-20-11-13-22(14-12-20)25(31)28-23(26(32)33)16-19(2)3/h6-14,18-19,23H,4-5,15-17H2,1-3H3,(H,28,31)(H,32,33). The first-order valence-electron chi connectivity index (χ1n) is 11.8. The van der Waals surface area contributed by atoms with Crippen molar-refractivity contribution >= 4 is 28.3 Å². The van der Waals surface area contributed by atoms with Crippen molar-refractivity contribution in [2.24, 2.45) is 5.92 Å². The van der Waals surface area contributed by atoms with Crippen molar-refractivity contribution in [3.63, 3.8) is 0 Å². The van der Waals surface area contributed by atoms with Crippen LogP contribution in [0.1, 0.15) is 56.0 Å². The van der Waals surface area contributed by atoms with Crippen LogP contribution in [0.15, 0.2) is 60.0 Å². The summed E-state index contributed by atoms with van der Waals surface area (Å²) in [5.41, 5.74) is 3.61. The lowest BCUT2D eigenvalue weighted by Gasteiger charge is -2.22. The van der Waals surface area contributed by atoms with E-state index in [-0.39, 0.29) is 11.8 Å². The van der Waals surface area contributed by atoms with E-state index < -0.39 is 12.0 Å². The molecule has 3 rings (SSSR count). The number of rotatable bonds is 12. The van der Waals surface area contributed by atoms with Gasteiger partial charge in [-0.25, -0.2) is 9.78 Å². The lowest BCUT2D eigenvalue weighted by molar-refractivity contribution is -0.139. The number of hydrogen-bond acceptors (Lipinski definition) is 5. The van der Waals surface area contributed by atoms with Crippen LogP contribution >= 0.6 is 11.3 Å². The predicted molar refractivity (Wildman–Crippen MR) is 138 cm³/mol. The second-order valence-electron chi connectivity index (χ2n) is 8.85. The highest BCUT2D eigenvalue weighted by Gasteiger charge is 2.22. The summed E-state index contributed by atoms with van der Waals surface area (Å²) in [7, 11) is 0. The molecule has 0 saturated heterocycles. The number of thiazole rings is 1. The summed E-state index contributed by atoms with van der Waals surface area (Å²) in [6.07, 6.45) is 2.55. The Kier molecular flexibility index (Phi) is 9.22. The van der Waals surface area contributed by atoms with Gasteiger partial charge in [-0.3, -0.25) is 4.79 Å². The molecule has 0 aliphatic heterocycles. The van der Waals surface area contributed by atoms with Gasteiger partial charge in [-0.05, 0) is 36.5 Å². The highest BCUT2D eigenvalue weighted by molar-refractivity contribution is 7.14. The SMILES string of the molecule is CCCCN(Cc1ccc(C(=O)NC(CC(C)C)C(=O)O)cc1)c1nc(-c2ccccc2)cs1. The van der Waals surface area contributed by atoms with Gasteiger partial charge in [0.1, 0.15) is 6.04 Å². The van der Waals surface area contributed by atoms with Crippen LogP contribution in [0.3, 0.4) is 0 Å². The van der Waals surface area contributed by atoms with Crippen LogP contribution in [0.4, 0.5) is 5.13 Å². The first-order chi connectivity index (χ1) is 16.4. The number of hydrogen-bond donors (Lipinski definition) is 2. The van der Waals surface area contributed by atoms with E-state index in [9.17, 15) is 14.7 Å². The van der Waals surface area contributed by atoms with Crippen LogP contribution < -0.4 is 10.2 Å². The lowest BCUT2D eigenvalue weighted by Crippen LogP contribution is -2.41. The first-order valence-corrected chi connectivity index (χ1v) is 12.6. The van der Waals surface area contributed by atoms with E-state index in [1.807, 2.05) is 44.2 Å². The Balaban J connectivity index is 1.70. The number of aromatic nitrogens is 1. The molecular formula is C27H33N3O3S. The number of nitrogens with one attached hydrogen (secondary N) is 1. The van der Waals surface area contributed by atoms with E-state index in [2.05, 4.69) is 34.7 Å². The van der Waals surface area contributed by atoms with Crippen molar-refractivity contribution in [3.8, 4) is 11.3 Å². The molecule has 1 aromatic heterocycles. The average molecular weight is 480 g/mol. The fourth-order valence-corrected chi connectivity index (χ4v) is 4.52. The molecule has 0 spiro atoms. The monoisotopic (exact) mass is 479 g/mol. The molecule has 180 valence electrons. The van der Waals surface area contributed by atoms with Gasteiger partial charge in [-0.15, -0.1) is 11.3 Å². The number of carboxylic acid groups (broad SMARTS) is 1. The number of amides is 1. The maximum absolute atomic E-state index is 12.6. The molecule has 0 aliphatic rings. The number of carboxylic acids is 1. The van der Waals surface area contributed by atoms with E-state index in [0.717, 1.165) is 41.3 Å². The minimum absolute atomic E-state index is 0.172. The van der Waals surface area contributed by atoms with Gasteiger partial charge in [0.05, 0.1) is 5.69 Å². The Hall–Kier alpha value is -3.19. The Morgan fingerprint density at radius 1 is 1.09 bits per heavy atom. The van der Waals surface area contributed by atoms with Crippen LogP contribution in [0.5, 0.6) is 0 Å². The Morgan fingerprint density at radius 2 is 1.79 bits per heavy atom. The molecule has 6 nitrogen and oxygen atoms in total. The highest BCUT2D eigenvalue weighted by Crippen LogP contribution is 2.28. The molecule has 2 N–H and O–H groups in total. The second-order valence-corrected chi connectivity index (χ2v) is 9.68. The molecule has 2 aromatic carbocycles. The fourth-order valence-electron chi connectivity index (χ4n) is 3.66. The van der Waals surface area contributed by atoms with E-state index >= 15 is 0 Å². The predicted octanol–water partition coefficient (Wildman–Crippen LogP) is 5.85. The molecule has 0 saturated carbocycles. The maximum atomic E-state index is 12.6. The zero-order valence-corrected chi connectivity index (χ0v) is 20.8. The molecule has 1 atom stereocenters. The molecule has 34 heavy (non-hydrogen) atoms. The van der Waals surface area contributed by atoms with Gasteiger partial charge < -0.3 is 15.3 Å². The third-order valence-corrected chi connectivity index (χ3v) is 6.42. The molecular weight excluding hydrogens is 446 g/mol. The number of nitrogens with zero attached hydrogens (tertiary/aromatic N) is 2. The average Bonchev–Trinajstić information content (AvgIpc) is 3.32. The Labute approximate surface area is 205 Å². The number of anilines is 1. The summed E-state index contributed by atoms with van der Waals surface area (Å²) in [4.78, 5) is 31.2. The third-order valence-electron chi connectivity index (χ3n) is 5.51. The lowest BCUT2D eigenvalue weighted by atomic mass is 10.0. The molecule has 1 amide bonds. The van der Waals surface area contributed by atoms with Crippen molar-refractivity contribution in [1.82, 2.24) is 10.3 Å². The van der Waals surface area contributed by atoms with E-state index in [0.29, 0.717) is 18.5 Å². The highest BCUT2D eigenvalue weighted by atomic mass is 32.1. The van der Waals surface area contributed by atoms with Crippen molar-refractivity contribution in [1.29, 1.82) is 0 Å². The van der Waals surface area contributed by atoms with Crippen molar-refractivity contribution in [2.45, 2.75) is 52.6 Å². The van der Waals surface area contributed by atoms with Crippen LogP contribution in [0.2, 0.25) is 0 Å². The van der Waals surface area contributed by atoms with Gasteiger partial charge in [0, 0.05) is 29.6 Å². The van der Waals surface area contributed by atoms with E-state index in [1.165, 1.54) is 0 Å². The van der Waals surface area contributed by atoms with Gasteiger partial charge in [0.2, 0.25) is 0 Å². The topological polar surface area (TPSA) is 82.5 Å². The molecule has 0 fully saturated rings. The molecule has 0 aliphatic carbocycles. The van der Waals surface area contributed by atoms with Crippen molar-refractivity contribution in [2.75, 3.05) is 11.4 Å². The van der Waals surface area contributed by atoms with Crippen LogP contribution in [-0.2, 0) is 11.3 Å². The summed E-state index contributed by atoms with van der Waals surface area (Å²) >= 11 is 1.64. The minimum atomic E-state index is -1.01. The van der Waals surface area contributed by atoms with E-state index in [4.69, 9.17) is 4.98 Å². The molecule has 1 unspecified atom stereocenters. The molecule has 7 heteroatoms. The Morgan fingerprint density at radius 3 is 2.41 bits per heavy atom. The number of benzene rings is 2. The summed E-state index contributed by atoms with van der Waals surface area (Å²) in [6.45, 7) is 7.64. The van der Waals surface area contributed by atoms with Gasteiger partial charge in [-0.2, -0.15) is 0 Å². The summed E-state index contributed by atoms with van der Waals surface area (Å²) in [5.74, 6) is -1.20. The zero-order chi connectivity index (χ0) is 24.5. The van der Waals surface area contributed by atoms with Gasteiger partial charge in [0.15, 0.2) is 5.13 Å². The molecule has 3 aromatic rings. The fraction of sp³-hybridized carbons (Fsp3) is 0.370. The second kappa shape index (κ2) is 12.3. The number of carbonyl (C=O) groups is 2. The molecule has 0 bridgehead atoms. The van der Waals surface area contributed by atoms with Crippen LogP contribution in [0.25, 0.3) is 11.3 Å². The van der Waals surface area contributed by atoms with Crippen molar-refractivity contribution < 1.29 is 14.7 Å². The zero-order valence-electron chi connectivity index (χ0n) is 20.0. The van der Waals surface area contributed by atoms with Gasteiger partial charge in [-0.1, -0.05) is 69.7 Å². The van der Waals surface area contributed by atoms with Gasteiger partial charge in [0.25, 0.3) is 5.91 Å². The minimum Gasteiger partial charge on any atom is -0.480 e. The largest absolute Gasteiger partial charge is 0.480 e. The van der Waals surface area contributed by atoms with Gasteiger partial charge >= 0.3 is 5.97 Å². The molecule has 1 heterocycles. The quantitative estimate of drug-likeness (QED) is 0.341. The number of aliphatic carboxylic acids is 1. The summed E-state index contributed by atoms with van der Waals surface area (Å²) in [6, 6.07) is 16.6. The molecule has 0 radical (unpaired) electrons. The first kappa shape index (κ1) is 25.4. The van der Waals surface area contributed by atoms with Crippen LogP contribution in [0, 0.1) is 5.92 Å². The van der Waals surface area contributed by atoms with E-state index in [1.54, 1.807) is 23.5 Å². The Bertz CT molecular complexity index is 1060. The smallest absolute Gasteiger partial charge is 0.326 e. The summed E-state index contributed by atoms with van der Waals surface area (Å²) < 4.78 is 0. The number of carbonyl (C=O) groups excluding carboxylic acids is 1. The summed E-state index contributed by atoms with van der Waals surface area (Å²) in [5, 5.41) is 15.1. The van der Waals surface area contributed by atoms with Crippen molar-refractivity contribution in [3.05, 3.63) is 71.1 Å². The maximum Gasteiger partial charge on any atom is 0.326 e. The third kappa shape index (κ3) is 7.15. The van der Waals surface area contributed by atoms with Crippen LogP contribution in [-0.4, -0.2) is 34.6 Å². The normalized spacial score (nSPS) is 11.9.